The molecule has 1 aliphatic carbocycles. The number of amides is 1. The van der Waals surface area contributed by atoms with E-state index in [1.54, 1.807) is 12.5 Å². The van der Waals surface area contributed by atoms with Crippen molar-refractivity contribution in [3.63, 3.8) is 0 Å². The van der Waals surface area contributed by atoms with Crippen molar-refractivity contribution in [1.29, 1.82) is 0 Å². The molecule has 26 heavy (non-hydrogen) atoms. The second kappa shape index (κ2) is 10.2. The first kappa shape index (κ1) is 19.5. The van der Waals surface area contributed by atoms with Crippen molar-refractivity contribution in [1.82, 2.24) is 10.4 Å². The molecule has 140 valence electrons. The average molecular weight is 358 g/mol. The van der Waals surface area contributed by atoms with Gasteiger partial charge in [0, 0.05) is 30.4 Å². The first-order chi connectivity index (χ1) is 12.7. The van der Waals surface area contributed by atoms with Gasteiger partial charge >= 0.3 is 0 Å². The molecule has 0 aliphatic heterocycles. The van der Waals surface area contributed by atoms with Gasteiger partial charge in [-0.2, -0.15) is 4.98 Å². The Bertz CT molecular complexity index is 705. The summed E-state index contributed by atoms with van der Waals surface area (Å²) in [7, 11) is 3.56. The van der Waals surface area contributed by atoms with Gasteiger partial charge in [-0.3, -0.25) is 10.2 Å². The summed E-state index contributed by atoms with van der Waals surface area (Å²) >= 11 is 0. The average Bonchev–Trinajstić information content (AvgIpc) is 2.65. The number of nitrogens with one attached hydrogen (secondary N) is 2. The highest BCUT2D eigenvalue weighted by molar-refractivity contribution is 5.55. The molecule has 1 aromatic carbocycles. The fraction of sp³-hybridized carbons (Fsp3) is 0.368. The van der Waals surface area contributed by atoms with E-state index in [1.807, 2.05) is 25.2 Å². The van der Waals surface area contributed by atoms with E-state index < -0.39 is 0 Å². The van der Waals surface area contributed by atoms with Crippen LogP contribution < -0.4 is 26.1 Å². The molecular weight excluding hydrogens is 332 g/mol. The molecule has 0 unspecified atom stereocenters. The standard InChI is InChI=1S/C18H22N2O2.CH4N2O/c1-19-16-9-4-8-14(13-6-3-7-13)15(16)12-22-18-11-5-10-17(20-18)21-2;2-3-1-4/h4-5,8-11,13,19H,3,6-7,12H2,1-2H3;1H,2H2,(H,3,4). The molecule has 1 aromatic heterocycles. The summed E-state index contributed by atoms with van der Waals surface area (Å²) in [6, 6.07) is 12.0. The lowest BCUT2D eigenvalue weighted by Gasteiger charge is -2.29. The van der Waals surface area contributed by atoms with Gasteiger partial charge in [-0.15, -0.1) is 0 Å². The minimum atomic E-state index is 0.403. The molecular formula is C19H26N4O3. The summed E-state index contributed by atoms with van der Waals surface area (Å²) in [5, 5.41) is 3.27. The van der Waals surface area contributed by atoms with E-state index >= 15 is 0 Å². The number of hydrogen-bond donors (Lipinski definition) is 3. The van der Waals surface area contributed by atoms with Crippen molar-refractivity contribution < 1.29 is 14.3 Å². The number of hydrogen-bond acceptors (Lipinski definition) is 6. The second-order valence-corrected chi connectivity index (χ2v) is 5.84. The number of pyridine rings is 1. The monoisotopic (exact) mass is 358 g/mol. The van der Waals surface area contributed by atoms with Crippen LogP contribution in [0.15, 0.2) is 36.4 Å². The topological polar surface area (TPSA) is 98.5 Å². The summed E-state index contributed by atoms with van der Waals surface area (Å²) in [6.07, 6.45) is 4.28. The van der Waals surface area contributed by atoms with Crippen LogP contribution in [0.2, 0.25) is 0 Å². The van der Waals surface area contributed by atoms with Gasteiger partial charge in [0.15, 0.2) is 0 Å². The minimum absolute atomic E-state index is 0.403. The molecule has 1 fully saturated rings. The Balaban J connectivity index is 0.000000552. The van der Waals surface area contributed by atoms with Crippen molar-refractivity contribution in [2.45, 2.75) is 31.8 Å². The highest BCUT2D eigenvalue weighted by atomic mass is 16.5. The van der Waals surface area contributed by atoms with Crippen LogP contribution in [-0.4, -0.2) is 25.6 Å². The zero-order chi connectivity index (χ0) is 18.8. The quantitative estimate of drug-likeness (QED) is 0.305. The summed E-state index contributed by atoms with van der Waals surface area (Å²) < 4.78 is 11.0. The summed E-state index contributed by atoms with van der Waals surface area (Å²) in [4.78, 5) is 13.2. The van der Waals surface area contributed by atoms with Crippen LogP contribution >= 0.6 is 0 Å². The van der Waals surface area contributed by atoms with Crippen LogP contribution in [0.1, 0.15) is 36.3 Å². The van der Waals surface area contributed by atoms with Crippen molar-refractivity contribution in [2.75, 3.05) is 19.5 Å². The number of nitrogens with two attached hydrogens (primary N) is 1. The molecule has 0 atom stereocenters. The molecule has 3 rings (SSSR count). The predicted molar refractivity (Wildman–Crippen MR) is 101 cm³/mol. The molecule has 0 radical (unpaired) electrons. The molecule has 1 heterocycles. The van der Waals surface area contributed by atoms with Crippen molar-refractivity contribution in [3.8, 4) is 11.8 Å². The molecule has 0 bridgehead atoms. The molecule has 7 nitrogen and oxygen atoms in total. The third-order valence-electron chi connectivity index (χ3n) is 4.37. The fourth-order valence-corrected chi connectivity index (χ4v) is 2.84. The molecule has 1 aliphatic rings. The lowest BCUT2D eigenvalue weighted by Crippen LogP contribution is -2.18. The second-order valence-electron chi connectivity index (χ2n) is 5.84. The number of hydrazine groups is 1. The Kier molecular flexibility index (Phi) is 7.70. The smallest absolute Gasteiger partial charge is 0.221 e. The Hall–Kier alpha value is -2.80. The summed E-state index contributed by atoms with van der Waals surface area (Å²) in [5.41, 5.74) is 5.52. The van der Waals surface area contributed by atoms with E-state index in [0.29, 0.717) is 30.7 Å². The number of carbonyl (C=O) groups excluding carboxylic acids is 1. The van der Waals surface area contributed by atoms with Gasteiger partial charge in [-0.25, -0.2) is 5.84 Å². The van der Waals surface area contributed by atoms with E-state index in [4.69, 9.17) is 14.3 Å². The maximum absolute atomic E-state index is 8.94. The SMILES string of the molecule is CNc1cccc(C2CCC2)c1COc1cccc(OC)n1.NNC=O. The van der Waals surface area contributed by atoms with Crippen molar-refractivity contribution in [3.05, 3.63) is 47.5 Å². The molecule has 2 aromatic rings. The molecule has 0 saturated heterocycles. The lowest BCUT2D eigenvalue weighted by molar-refractivity contribution is -0.109. The van der Waals surface area contributed by atoms with Crippen molar-refractivity contribution in [2.24, 2.45) is 5.84 Å². The third kappa shape index (κ3) is 5.10. The number of nitrogens with zero attached hydrogens (tertiary/aromatic N) is 1. The zero-order valence-corrected chi connectivity index (χ0v) is 15.2. The first-order valence-electron chi connectivity index (χ1n) is 8.56. The third-order valence-corrected chi connectivity index (χ3v) is 4.37. The number of anilines is 1. The van der Waals surface area contributed by atoms with Gasteiger partial charge in [0.25, 0.3) is 0 Å². The normalized spacial score (nSPS) is 12.9. The first-order valence-corrected chi connectivity index (χ1v) is 8.56. The van der Waals surface area contributed by atoms with Crippen LogP contribution in [0.25, 0.3) is 0 Å². The van der Waals surface area contributed by atoms with E-state index in [2.05, 4.69) is 34.3 Å². The number of aromatic nitrogens is 1. The Morgan fingerprint density at radius 2 is 1.92 bits per heavy atom. The van der Waals surface area contributed by atoms with Crippen LogP contribution in [0.4, 0.5) is 5.69 Å². The van der Waals surface area contributed by atoms with Crippen LogP contribution in [0, 0.1) is 0 Å². The van der Waals surface area contributed by atoms with E-state index in [-0.39, 0.29) is 0 Å². The highest BCUT2D eigenvalue weighted by Crippen LogP contribution is 2.40. The van der Waals surface area contributed by atoms with Crippen LogP contribution in [0.5, 0.6) is 11.8 Å². The molecule has 0 spiro atoms. The molecule has 1 saturated carbocycles. The number of rotatable bonds is 7. The maximum atomic E-state index is 8.94. The summed E-state index contributed by atoms with van der Waals surface area (Å²) in [5.74, 6) is 6.24. The van der Waals surface area contributed by atoms with E-state index in [1.165, 1.54) is 30.4 Å². The summed E-state index contributed by atoms with van der Waals surface area (Å²) in [6.45, 7) is 0.517. The van der Waals surface area contributed by atoms with E-state index in [9.17, 15) is 0 Å². The van der Waals surface area contributed by atoms with Crippen LogP contribution in [0.3, 0.4) is 0 Å². The van der Waals surface area contributed by atoms with Gasteiger partial charge in [0.05, 0.1) is 7.11 Å². The number of ether oxygens (including phenoxy) is 2. The lowest BCUT2D eigenvalue weighted by atomic mass is 9.78. The Morgan fingerprint density at radius 1 is 1.23 bits per heavy atom. The van der Waals surface area contributed by atoms with Gasteiger partial charge in [-0.05, 0) is 30.4 Å². The van der Waals surface area contributed by atoms with Gasteiger partial charge in [0.1, 0.15) is 6.61 Å². The molecule has 1 amide bonds. The fourth-order valence-electron chi connectivity index (χ4n) is 2.84. The van der Waals surface area contributed by atoms with E-state index in [0.717, 1.165) is 5.69 Å². The largest absolute Gasteiger partial charge is 0.481 e. The van der Waals surface area contributed by atoms with Crippen molar-refractivity contribution >= 4 is 12.1 Å². The predicted octanol–water partition coefficient (Wildman–Crippen LogP) is 2.58. The molecule has 7 heteroatoms. The number of carbonyl (C=O) groups is 1. The highest BCUT2D eigenvalue weighted by Gasteiger charge is 2.23. The Morgan fingerprint density at radius 3 is 2.50 bits per heavy atom. The number of methoxy groups -OCH3 is 1. The molecule has 4 N–H and O–H groups in total. The maximum Gasteiger partial charge on any atom is 0.221 e. The van der Waals surface area contributed by atoms with Crippen LogP contribution in [-0.2, 0) is 11.4 Å². The van der Waals surface area contributed by atoms with Gasteiger partial charge < -0.3 is 14.8 Å². The number of benzene rings is 1. The van der Waals surface area contributed by atoms with Gasteiger partial charge in [0.2, 0.25) is 18.2 Å². The zero-order valence-electron chi connectivity index (χ0n) is 15.2. The Labute approximate surface area is 153 Å². The van der Waals surface area contributed by atoms with Gasteiger partial charge in [-0.1, -0.05) is 24.6 Å². The minimum Gasteiger partial charge on any atom is -0.481 e.